The van der Waals surface area contributed by atoms with Gasteiger partial charge in [-0.3, -0.25) is 4.79 Å². The van der Waals surface area contributed by atoms with Gasteiger partial charge in [0.1, 0.15) is 5.54 Å². The van der Waals surface area contributed by atoms with Crippen molar-refractivity contribution in [3.63, 3.8) is 0 Å². The zero-order valence-corrected chi connectivity index (χ0v) is 3.43. The molecule has 0 saturated carbocycles. The van der Waals surface area contributed by atoms with Crippen LogP contribution in [-0.2, 0) is 4.79 Å². The van der Waals surface area contributed by atoms with Gasteiger partial charge in [0.2, 0.25) is 0 Å². The van der Waals surface area contributed by atoms with Gasteiger partial charge < -0.3 is 10.8 Å². The van der Waals surface area contributed by atoms with Crippen LogP contribution in [0.1, 0.15) is 21.9 Å². The van der Waals surface area contributed by atoms with E-state index in [4.69, 9.17) is 19.1 Å². The van der Waals surface area contributed by atoms with Crippen molar-refractivity contribution in [2.24, 2.45) is 5.73 Å². The highest BCUT2D eigenvalue weighted by Gasteiger charge is 2.19. The number of rotatable bonds is 1. The molecule has 3 N–H and O–H groups in total. The Morgan fingerprint density at radius 1 is 2.00 bits per heavy atom. The molecule has 3 nitrogen and oxygen atoms in total. The Labute approximate surface area is 50.6 Å². The maximum absolute atomic E-state index is 10.5. The lowest BCUT2D eigenvalue weighted by Crippen LogP contribution is -2.41. The van der Waals surface area contributed by atoms with Crippen LogP contribution in [0.3, 0.4) is 0 Å². The summed E-state index contributed by atoms with van der Waals surface area (Å²) in [6.45, 7) is -6.55. The fourth-order valence-electron chi connectivity index (χ4n) is 0. The molecule has 0 heterocycles. The van der Waals surface area contributed by atoms with Gasteiger partial charge >= 0.3 is 5.97 Å². The van der Waals surface area contributed by atoms with Crippen LogP contribution in [0, 0.1) is 0 Å². The third-order valence-electron chi connectivity index (χ3n) is 0.337. The molecule has 42 valence electrons. The van der Waals surface area contributed by atoms with E-state index in [1.54, 1.807) is 0 Å². The predicted molar refractivity (Wildman–Crippen MR) is 25.9 cm³/mol. The van der Waals surface area contributed by atoms with Gasteiger partial charge in [-0.2, -0.15) is 0 Å². The summed E-state index contributed by atoms with van der Waals surface area (Å²) >= 11 is 0. The largest absolute Gasteiger partial charge is 0.480 e. The van der Waals surface area contributed by atoms with E-state index < -0.39 is 25.2 Å². The topological polar surface area (TPSA) is 63.3 Å². The second-order valence-electron chi connectivity index (χ2n) is 1.11. The summed E-state index contributed by atoms with van der Waals surface area (Å²) in [6.07, 6.45) is 0. The monoisotopic (exact) mass is 109 g/mol. The standard InChI is InChI=1S/C4H9NO2/c1-4(2,5)3(6)7/h5H2,1-2H3,(H,6,7)/i1D3,2D3. The van der Waals surface area contributed by atoms with Crippen molar-refractivity contribution in [3.05, 3.63) is 0 Å². The molecule has 0 unspecified atom stereocenters. The van der Waals surface area contributed by atoms with Crippen LogP contribution in [0.5, 0.6) is 0 Å². The number of hydrogen-bond donors (Lipinski definition) is 2. The molecule has 3 heteroatoms. The fourth-order valence-corrected chi connectivity index (χ4v) is 0. The lowest BCUT2D eigenvalue weighted by molar-refractivity contribution is -0.141. The lowest BCUT2D eigenvalue weighted by Gasteiger charge is -2.09. The molecule has 0 aliphatic carbocycles. The molecule has 0 aromatic rings. The number of carboxylic acid groups (broad SMARTS) is 1. The van der Waals surface area contributed by atoms with Gasteiger partial charge in [-0.1, -0.05) is 0 Å². The van der Waals surface area contributed by atoms with Crippen LogP contribution in [0.4, 0.5) is 0 Å². The number of aliphatic carboxylic acids is 1. The van der Waals surface area contributed by atoms with Crippen LogP contribution >= 0.6 is 0 Å². The molecule has 0 spiro atoms. The van der Waals surface area contributed by atoms with Crippen molar-refractivity contribution in [1.29, 1.82) is 0 Å². The first-order valence-corrected chi connectivity index (χ1v) is 1.47. The Morgan fingerprint density at radius 3 is 2.43 bits per heavy atom. The van der Waals surface area contributed by atoms with E-state index in [-0.39, 0.29) is 0 Å². The van der Waals surface area contributed by atoms with Gasteiger partial charge in [-0.25, -0.2) is 0 Å². The first-order chi connectivity index (χ1) is 5.44. The van der Waals surface area contributed by atoms with Crippen LogP contribution in [0.15, 0.2) is 0 Å². The van der Waals surface area contributed by atoms with Gasteiger partial charge in [0.05, 0.1) is 0 Å². The average molecular weight is 109 g/mol. The molecular formula is C4H9NO2. The van der Waals surface area contributed by atoms with Gasteiger partial charge in [0.15, 0.2) is 0 Å². The van der Waals surface area contributed by atoms with Gasteiger partial charge in [0.25, 0.3) is 0 Å². The molecular weight excluding hydrogens is 94.0 g/mol. The smallest absolute Gasteiger partial charge is 0.323 e. The maximum atomic E-state index is 10.5. The lowest BCUT2D eigenvalue weighted by atomic mass is 10.1. The minimum atomic E-state index is -3.27. The first-order valence-electron chi connectivity index (χ1n) is 4.47. The molecule has 0 saturated heterocycles. The van der Waals surface area contributed by atoms with Gasteiger partial charge in [-0.05, 0) is 13.7 Å². The highest BCUT2D eigenvalue weighted by atomic mass is 16.4. The summed E-state index contributed by atoms with van der Waals surface area (Å²) in [7, 11) is 0. The second kappa shape index (κ2) is 1.50. The van der Waals surface area contributed by atoms with Gasteiger partial charge in [-0.15, -0.1) is 0 Å². The maximum Gasteiger partial charge on any atom is 0.323 e. The number of hydrogen-bond acceptors (Lipinski definition) is 2. The van der Waals surface area contributed by atoms with E-state index in [9.17, 15) is 4.79 Å². The fraction of sp³-hybridized carbons (Fsp3) is 0.750. The Balaban J connectivity index is 5.35. The molecule has 0 aliphatic heterocycles. The SMILES string of the molecule is [2H]C([2H])([2H])C(N)(C(=O)O)C([2H])([2H])[2H]. The molecule has 0 rings (SSSR count). The number of carbonyl (C=O) groups is 1. The van der Waals surface area contributed by atoms with E-state index >= 15 is 0 Å². The van der Waals surface area contributed by atoms with E-state index in [1.807, 2.05) is 0 Å². The molecule has 0 bridgehead atoms. The third kappa shape index (κ3) is 2.17. The van der Waals surface area contributed by atoms with Crippen molar-refractivity contribution >= 4 is 5.97 Å². The number of nitrogens with two attached hydrogens (primary N) is 1. The summed E-state index contributed by atoms with van der Waals surface area (Å²) in [5.74, 6) is -2.06. The Morgan fingerprint density at radius 2 is 2.43 bits per heavy atom. The van der Waals surface area contributed by atoms with Crippen molar-refractivity contribution in [1.82, 2.24) is 0 Å². The summed E-state index contributed by atoms with van der Waals surface area (Å²) < 4.78 is 40.4. The normalized spacial score (nSPS) is 27.6. The van der Waals surface area contributed by atoms with Crippen molar-refractivity contribution < 1.29 is 18.1 Å². The molecule has 0 aliphatic rings. The van der Waals surface area contributed by atoms with Crippen LogP contribution in [0.2, 0.25) is 0 Å². The van der Waals surface area contributed by atoms with E-state index in [2.05, 4.69) is 0 Å². The minimum absolute atomic E-state index is 2.06. The Bertz CT molecular complexity index is 204. The summed E-state index contributed by atoms with van der Waals surface area (Å²) in [6, 6.07) is 0. The zero-order valence-electron chi connectivity index (χ0n) is 9.43. The number of carboxylic acids is 1. The quantitative estimate of drug-likeness (QED) is 0.490. The second-order valence-corrected chi connectivity index (χ2v) is 1.11. The summed E-state index contributed by atoms with van der Waals surface area (Å²) in [5.41, 5.74) is 1.66. The minimum Gasteiger partial charge on any atom is -0.480 e. The summed E-state index contributed by atoms with van der Waals surface area (Å²) in [5, 5.41) is 8.46. The highest BCUT2D eigenvalue weighted by Crippen LogP contribution is 1.93. The van der Waals surface area contributed by atoms with Crippen molar-refractivity contribution in [2.45, 2.75) is 19.2 Å². The van der Waals surface area contributed by atoms with Crippen molar-refractivity contribution in [3.8, 4) is 0 Å². The van der Waals surface area contributed by atoms with E-state index in [1.165, 1.54) is 0 Å². The van der Waals surface area contributed by atoms with Crippen molar-refractivity contribution in [2.75, 3.05) is 0 Å². The van der Waals surface area contributed by atoms with Crippen LogP contribution < -0.4 is 5.73 Å². The van der Waals surface area contributed by atoms with E-state index in [0.717, 1.165) is 0 Å². The predicted octanol–water partition coefficient (Wildman–Crippen LogP) is -0.192. The van der Waals surface area contributed by atoms with Crippen LogP contribution in [-0.4, -0.2) is 16.6 Å². The molecule has 0 amide bonds. The Kier molecular flexibility index (Phi) is 0.311. The summed E-state index contributed by atoms with van der Waals surface area (Å²) in [4.78, 5) is 10.5. The zero-order chi connectivity index (χ0) is 11.1. The first kappa shape index (κ1) is 1.45. The molecule has 0 atom stereocenters. The highest BCUT2D eigenvalue weighted by molar-refractivity contribution is 5.77. The van der Waals surface area contributed by atoms with Gasteiger partial charge in [0, 0.05) is 8.22 Å². The Hall–Kier alpha value is -0.570. The molecule has 0 radical (unpaired) electrons. The van der Waals surface area contributed by atoms with E-state index in [0.29, 0.717) is 0 Å². The third-order valence-corrected chi connectivity index (χ3v) is 0.337. The van der Waals surface area contributed by atoms with Crippen LogP contribution in [0.25, 0.3) is 0 Å². The molecule has 0 aromatic heterocycles. The molecule has 0 aromatic carbocycles. The average Bonchev–Trinajstić information content (AvgIpc) is 1.80. The molecule has 0 fully saturated rings. The molecule has 7 heavy (non-hydrogen) atoms.